The minimum absolute atomic E-state index is 0.0217. The second-order valence-corrected chi connectivity index (χ2v) is 4.80. The zero-order valence-electron chi connectivity index (χ0n) is 10.7. The number of hydrogen-bond acceptors (Lipinski definition) is 4. The second-order valence-electron chi connectivity index (χ2n) is 4.80. The van der Waals surface area contributed by atoms with E-state index >= 15 is 0 Å². The summed E-state index contributed by atoms with van der Waals surface area (Å²) in [6, 6.07) is 0. The molecule has 1 heterocycles. The molecule has 1 saturated heterocycles. The van der Waals surface area contributed by atoms with Crippen molar-refractivity contribution in [3.63, 3.8) is 0 Å². The predicted molar refractivity (Wildman–Crippen MR) is 68.1 cm³/mol. The van der Waals surface area contributed by atoms with Crippen molar-refractivity contribution >= 4 is 11.9 Å². The van der Waals surface area contributed by atoms with Crippen LogP contribution in [-0.2, 0) is 9.59 Å². The molecule has 0 radical (unpaired) electrons. The van der Waals surface area contributed by atoms with Crippen molar-refractivity contribution in [2.75, 3.05) is 32.7 Å². The Hall–Kier alpha value is -1.14. The molecule has 1 aliphatic heterocycles. The molecule has 0 aromatic carbocycles. The first-order valence-electron chi connectivity index (χ1n) is 6.52. The van der Waals surface area contributed by atoms with Crippen LogP contribution in [0.4, 0.5) is 0 Å². The maximum absolute atomic E-state index is 11.6. The van der Waals surface area contributed by atoms with Crippen LogP contribution in [0.25, 0.3) is 0 Å². The van der Waals surface area contributed by atoms with Gasteiger partial charge < -0.3 is 16.2 Å². The number of carboxylic acid groups (broad SMARTS) is 1. The summed E-state index contributed by atoms with van der Waals surface area (Å²) >= 11 is 0. The Kier molecular flexibility index (Phi) is 6.67. The third kappa shape index (κ3) is 5.97. The van der Waals surface area contributed by atoms with E-state index < -0.39 is 5.97 Å². The van der Waals surface area contributed by atoms with Crippen LogP contribution in [0.5, 0.6) is 0 Å². The summed E-state index contributed by atoms with van der Waals surface area (Å²) in [5.74, 6) is -0.250. The van der Waals surface area contributed by atoms with Gasteiger partial charge in [0, 0.05) is 13.0 Å². The Morgan fingerprint density at radius 3 is 2.56 bits per heavy atom. The van der Waals surface area contributed by atoms with Gasteiger partial charge in [0.1, 0.15) is 0 Å². The van der Waals surface area contributed by atoms with Gasteiger partial charge in [0.25, 0.3) is 0 Å². The number of aliphatic carboxylic acids is 1. The number of piperidine rings is 1. The monoisotopic (exact) mass is 257 g/mol. The predicted octanol–water partition coefficient (Wildman–Crippen LogP) is -0.362. The first-order valence-corrected chi connectivity index (χ1v) is 6.52. The summed E-state index contributed by atoms with van der Waals surface area (Å²) in [7, 11) is 0. The second kappa shape index (κ2) is 8.05. The van der Waals surface area contributed by atoms with E-state index in [4.69, 9.17) is 10.8 Å². The molecule has 0 bridgehead atoms. The van der Waals surface area contributed by atoms with Crippen molar-refractivity contribution in [3.8, 4) is 0 Å². The number of carbonyl (C=O) groups excluding carboxylic acids is 1. The molecule has 0 aromatic rings. The zero-order chi connectivity index (χ0) is 13.4. The Bertz CT molecular complexity index is 276. The highest BCUT2D eigenvalue weighted by molar-refractivity contribution is 5.78. The molecule has 0 aromatic heterocycles. The first kappa shape index (κ1) is 14.9. The number of nitrogens with zero attached hydrogens (tertiary/aromatic N) is 1. The van der Waals surface area contributed by atoms with Crippen LogP contribution < -0.4 is 11.1 Å². The number of nitrogens with one attached hydrogen (secondary N) is 1. The molecule has 0 spiro atoms. The van der Waals surface area contributed by atoms with Crippen molar-refractivity contribution in [2.45, 2.75) is 25.7 Å². The number of carbonyl (C=O) groups is 2. The lowest BCUT2D eigenvalue weighted by molar-refractivity contribution is -0.137. The number of nitrogens with two attached hydrogens (primary N) is 1. The molecule has 0 atom stereocenters. The highest BCUT2D eigenvalue weighted by Gasteiger charge is 2.19. The Morgan fingerprint density at radius 2 is 2.00 bits per heavy atom. The van der Waals surface area contributed by atoms with Gasteiger partial charge in [-0.05, 0) is 44.8 Å². The third-order valence-electron chi connectivity index (χ3n) is 3.30. The number of rotatable bonds is 7. The highest BCUT2D eigenvalue weighted by atomic mass is 16.4. The molecular formula is C12H23N3O3. The van der Waals surface area contributed by atoms with Gasteiger partial charge in [-0.2, -0.15) is 0 Å². The summed E-state index contributed by atoms with van der Waals surface area (Å²) in [6.45, 7) is 3.42. The Labute approximate surface area is 108 Å². The van der Waals surface area contributed by atoms with Gasteiger partial charge >= 0.3 is 5.97 Å². The third-order valence-corrected chi connectivity index (χ3v) is 3.30. The van der Waals surface area contributed by atoms with E-state index in [1.807, 2.05) is 0 Å². The summed E-state index contributed by atoms with van der Waals surface area (Å²) in [5, 5.41) is 11.2. The smallest absolute Gasteiger partial charge is 0.303 e. The van der Waals surface area contributed by atoms with Crippen LogP contribution in [0.3, 0.4) is 0 Å². The standard InChI is InChI=1S/C12H23N3O3/c13-8-10-3-6-15(7-4-10)9-11(16)14-5-1-2-12(17)18/h10H,1-9,13H2,(H,14,16)(H,17,18). The van der Waals surface area contributed by atoms with Crippen molar-refractivity contribution in [2.24, 2.45) is 11.7 Å². The largest absolute Gasteiger partial charge is 0.481 e. The highest BCUT2D eigenvalue weighted by Crippen LogP contribution is 2.14. The fraction of sp³-hybridized carbons (Fsp3) is 0.833. The van der Waals surface area contributed by atoms with Crippen molar-refractivity contribution in [3.05, 3.63) is 0 Å². The van der Waals surface area contributed by atoms with E-state index in [1.54, 1.807) is 0 Å². The van der Waals surface area contributed by atoms with E-state index in [2.05, 4.69) is 10.2 Å². The van der Waals surface area contributed by atoms with E-state index in [9.17, 15) is 9.59 Å². The van der Waals surface area contributed by atoms with Gasteiger partial charge in [0.15, 0.2) is 0 Å². The van der Waals surface area contributed by atoms with Gasteiger partial charge in [-0.1, -0.05) is 0 Å². The molecule has 18 heavy (non-hydrogen) atoms. The van der Waals surface area contributed by atoms with Crippen LogP contribution in [-0.4, -0.2) is 54.6 Å². The maximum Gasteiger partial charge on any atom is 0.303 e. The van der Waals surface area contributed by atoms with E-state index in [0.29, 0.717) is 25.4 Å². The van der Waals surface area contributed by atoms with Crippen molar-refractivity contribution in [1.29, 1.82) is 0 Å². The van der Waals surface area contributed by atoms with Crippen LogP contribution in [0, 0.1) is 5.92 Å². The summed E-state index contributed by atoms with van der Waals surface area (Å²) < 4.78 is 0. The molecule has 1 fully saturated rings. The molecule has 0 saturated carbocycles. The van der Waals surface area contributed by atoms with Crippen LogP contribution in [0.2, 0.25) is 0 Å². The van der Waals surface area contributed by atoms with Crippen molar-refractivity contribution < 1.29 is 14.7 Å². The summed E-state index contributed by atoms with van der Waals surface area (Å²) in [5.41, 5.74) is 5.61. The number of amides is 1. The summed E-state index contributed by atoms with van der Waals surface area (Å²) in [6.07, 6.45) is 2.70. The van der Waals surface area contributed by atoms with E-state index in [-0.39, 0.29) is 12.3 Å². The average Bonchev–Trinajstić information content (AvgIpc) is 2.35. The number of carboxylic acids is 1. The van der Waals surface area contributed by atoms with Crippen LogP contribution in [0.1, 0.15) is 25.7 Å². The topological polar surface area (TPSA) is 95.7 Å². The van der Waals surface area contributed by atoms with E-state index in [0.717, 1.165) is 32.5 Å². The maximum atomic E-state index is 11.6. The van der Waals surface area contributed by atoms with Crippen LogP contribution >= 0.6 is 0 Å². The van der Waals surface area contributed by atoms with Gasteiger partial charge in [0.05, 0.1) is 6.54 Å². The molecule has 1 rings (SSSR count). The van der Waals surface area contributed by atoms with Crippen LogP contribution in [0.15, 0.2) is 0 Å². The molecule has 1 aliphatic rings. The van der Waals surface area contributed by atoms with Gasteiger partial charge in [-0.15, -0.1) is 0 Å². The molecule has 6 heteroatoms. The molecule has 0 unspecified atom stereocenters. The normalized spacial score (nSPS) is 17.6. The summed E-state index contributed by atoms with van der Waals surface area (Å²) in [4.78, 5) is 24.0. The SMILES string of the molecule is NCC1CCN(CC(=O)NCCCC(=O)O)CC1. The zero-order valence-corrected chi connectivity index (χ0v) is 10.7. The average molecular weight is 257 g/mol. The number of hydrogen-bond donors (Lipinski definition) is 3. The van der Waals surface area contributed by atoms with Gasteiger partial charge in [-0.25, -0.2) is 0 Å². The lowest BCUT2D eigenvalue weighted by atomic mass is 9.97. The quantitative estimate of drug-likeness (QED) is 0.541. The molecule has 6 nitrogen and oxygen atoms in total. The van der Waals surface area contributed by atoms with E-state index in [1.165, 1.54) is 0 Å². The molecule has 0 aliphatic carbocycles. The lowest BCUT2D eigenvalue weighted by Gasteiger charge is -2.30. The minimum Gasteiger partial charge on any atom is -0.481 e. The molecule has 4 N–H and O–H groups in total. The fourth-order valence-electron chi connectivity index (χ4n) is 2.11. The molecule has 104 valence electrons. The first-order chi connectivity index (χ1) is 8.61. The Balaban J connectivity index is 2.08. The molecular weight excluding hydrogens is 234 g/mol. The number of likely N-dealkylation sites (tertiary alicyclic amines) is 1. The minimum atomic E-state index is -0.826. The van der Waals surface area contributed by atoms with Crippen molar-refractivity contribution in [1.82, 2.24) is 10.2 Å². The fourth-order valence-corrected chi connectivity index (χ4v) is 2.11. The van der Waals surface area contributed by atoms with Gasteiger partial charge in [0.2, 0.25) is 5.91 Å². The molecule has 1 amide bonds. The van der Waals surface area contributed by atoms with Gasteiger partial charge in [-0.3, -0.25) is 14.5 Å². The Morgan fingerprint density at radius 1 is 1.33 bits per heavy atom. The lowest BCUT2D eigenvalue weighted by Crippen LogP contribution is -2.42.